The van der Waals surface area contributed by atoms with Gasteiger partial charge in [0.2, 0.25) is 0 Å². The van der Waals surface area contributed by atoms with Crippen LogP contribution in [0.15, 0.2) is 18.2 Å². The van der Waals surface area contributed by atoms with E-state index in [4.69, 9.17) is 9.47 Å². The summed E-state index contributed by atoms with van der Waals surface area (Å²) in [7, 11) is 0. The average Bonchev–Trinajstić information content (AvgIpc) is 2.64. The molecule has 0 radical (unpaired) electrons. The molecule has 0 aromatic heterocycles. The lowest BCUT2D eigenvalue weighted by Crippen LogP contribution is -2.47. The second-order valence-electron chi connectivity index (χ2n) is 7.03. The first-order valence-electron chi connectivity index (χ1n) is 9.26. The highest BCUT2D eigenvalue weighted by Gasteiger charge is 2.31. The zero-order valence-corrected chi connectivity index (χ0v) is 16.4. The molecule has 1 atom stereocenters. The van der Waals surface area contributed by atoms with E-state index in [1.165, 1.54) is 37.7 Å². The number of ether oxygens (including phenoxy) is 2. The molecule has 6 heteroatoms. The molecule has 1 aromatic rings. The molecular formula is C19H30Cl2N2O2. The third kappa shape index (κ3) is 4.73. The first kappa shape index (κ1) is 20.6. The molecular weight excluding hydrogens is 359 g/mol. The van der Waals surface area contributed by atoms with Crippen LogP contribution in [0.4, 0.5) is 0 Å². The predicted molar refractivity (Wildman–Crippen MR) is 106 cm³/mol. The van der Waals surface area contributed by atoms with Crippen LogP contribution in [0.2, 0.25) is 0 Å². The highest BCUT2D eigenvalue weighted by atomic mass is 35.5. The van der Waals surface area contributed by atoms with Crippen LogP contribution < -0.4 is 14.8 Å². The van der Waals surface area contributed by atoms with Crippen LogP contribution >= 0.6 is 24.8 Å². The number of nitrogens with one attached hydrogen (secondary N) is 1. The van der Waals surface area contributed by atoms with Crippen molar-refractivity contribution in [3.63, 3.8) is 0 Å². The van der Waals surface area contributed by atoms with E-state index >= 15 is 0 Å². The van der Waals surface area contributed by atoms with Crippen molar-refractivity contribution in [1.82, 2.24) is 10.2 Å². The van der Waals surface area contributed by atoms with Gasteiger partial charge in [-0.15, -0.1) is 24.8 Å². The fourth-order valence-corrected chi connectivity index (χ4v) is 4.44. The molecule has 2 aliphatic heterocycles. The van der Waals surface area contributed by atoms with E-state index in [2.05, 4.69) is 28.4 Å². The van der Waals surface area contributed by atoms with Crippen LogP contribution in [-0.4, -0.2) is 44.3 Å². The van der Waals surface area contributed by atoms with E-state index in [9.17, 15) is 0 Å². The van der Waals surface area contributed by atoms with E-state index < -0.39 is 0 Å². The number of hydrogen-bond donors (Lipinski definition) is 1. The fraction of sp³-hybridized carbons (Fsp3) is 0.684. The summed E-state index contributed by atoms with van der Waals surface area (Å²) in [6.07, 6.45) is 6.91. The summed E-state index contributed by atoms with van der Waals surface area (Å²) in [6.45, 7) is 5.83. The van der Waals surface area contributed by atoms with Crippen molar-refractivity contribution in [3.8, 4) is 11.5 Å². The molecule has 142 valence electrons. The van der Waals surface area contributed by atoms with E-state index in [1.54, 1.807) is 0 Å². The minimum Gasteiger partial charge on any atom is -0.486 e. The van der Waals surface area contributed by atoms with Crippen LogP contribution in [0.3, 0.4) is 0 Å². The summed E-state index contributed by atoms with van der Waals surface area (Å²) in [5.41, 5.74) is 1.42. The molecule has 1 aromatic carbocycles. The number of hydrogen-bond acceptors (Lipinski definition) is 4. The molecule has 4 nitrogen and oxygen atoms in total. The maximum Gasteiger partial charge on any atom is 0.161 e. The molecule has 0 spiro atoms. The van der Waals surface area contributed by atoms with Gasteiger partial charge in [0, 0.05) is 32.2 Å². The Hall–Kier alpha value is -0.680. The maximum atomic E-state index is 5.83. The van der Waals surface area contributed by atoms with Gasteiger partial charge < -0.3 is 14.8 Å². The van der Waals surface area contributed by atoms with E-state index in [1.807, 2.05) is 0 Å². The van der Waals surface area contributed by atoms with Crippen molar-refractivity contribution < 1.29 is 9.47 Å². The van der Waals surface area contributed by atoms with Gasteiger partial charge in [-0.2, -0.15) is 0 Å². The molecule has 0 bridgehead atoms. The zero-order chi connectivity index (χ0) is 15.5. The topological polar surface area (TPSA) is 33.7 Å². The van der Waals surface area contributed by atoms with Crippen LogP contribution in [0, 0.1) is 5.92 Å². The van der Waals surface area contributed by atoms with Crippen molar-refractivity contribution in [1.29, 1.82) is 0 Å². The number of benzene rings is 1. The lowest BCUT2D eigenvalue weighted by atomic mass is 9.80. The van der Waals surface area contributed by atoms with Gasteiger partial charge in [-0.25, -0.2) is 0 Å². The first-order chi connectivity index (χ1) is 11.4. The standard InChI is InChI=1S/C19H28N2O2.2ClH/c1-2-4-15(5-3-1)19(21-10-8-20-9-11-21)16-6-7-17-18(14-16)23-13-12-22-17;;/h6-7,14-15,19-20H,1-5,8-13H2;2*1H/t19-;;/m1../s1. The summed E-state index contributed by atoms with van der Waals surface area (Å²) < 4.78 is 11.5. The Morgan fingerprint density at radius 1 is 0.920 bits per heavy atom. The Kier molecular flexibility index (Phi) is 8.14. The number of nitrogens with zero attached hydrogens (tertiary/aromatic N) is 1. The molecule has 1 aliphatic carbocycles. The zero-order valence-electron chi connectivity index (χ0n) is 14.7. The highest BCUT2D eigenvalue weighted by molar-refractivity contribution is 5.85. The van der Waals surface area contributed by atoms with Crippen LogP contribution in [0.1, 0.15) is 43.7 Å². The average molecular weight is 389 g/mol. The molecule has 0 amide bonds. The SMILES string of the molecule is Cl.Cl.c1cc2c(cc1[C@@H](C1CCCCC1)N1CCNCC1)OCCO2. The number of halogens is 2. The lowest BCUT2D eigenvalue weighted by molar-refractivity contribution is 0.102. The van der Waals surface area contributed by atoms with Crippen molar-refractivity contribution in [3.05, 3.63) is 23.8 Å². The summed E-state index contributed by atoms with van der Waals surface area (Å²) in [5, 5.41) is 3.49. The van der Waals surface area contributed by atoms with Gasteiger partial charge in [0.05, 0.1) is 0 Å². The minimum absolute atomic E-state index is 0. The largest absolute Gasteiger partial charge is 0.486 e. The minimum atomic E-state index is 0. The Morgan fingerprint density at radius 2 is 1.60 bits per heavy atom. The van der Waals surface area contributed by atoms with Crippen LogP contribution in [0.5, 0.6) is 11.5 Å². The van der Waals surface area contributed by atoms with Crippen LogP contribution in [0.25, 0.3) is 0 Å². The number of rotatable bonds is 3. The third-order valence-corrected chi connectivity index (χ3v) is 5.55. The number of fused-ring (bicyclic) bond motifs is 1. The second kappa shape index (κ2) is 9.86. The highest BCUT2D eigenvalue weighted by Crippen LogP contribution is 2.41. The van der Waals surface area contributed by atoms with Crippen LogP contribution in [-0.2, 0) is 0 Å². The maximum absolute atomic E-state index is 5.83. The third-order valence-electron chi connectivity index (χ3n) is 5.55. The number of piperazine rings is 1. The molecule has 1 saturated heterocycles. The van der Waals surface area contributed by atoms with Gasteiger partial charge in [0.15, 0.2) is 11.5 Å². The fourth-order valence-electron chi connectivity index (χ4n) is 4.44. The monoisotopic (exact) mass is 388 g/mol. The summed E-state index contributed by atoms with van der Waals surface area (Å²) in [4.78, 5) is 2.69. The van der Waals surface area contributed by atoms with Gasteiger partial charge >= 0.3 is 0 Å². The Balaban J connectivity index is 0.00000113. The molecule has 1 N–H and O–H groups in total. The smallest absolute Gasteiger partial charge is 0.161 e. The van der Waals surface area contributed by atoms with E-state index in [-0.39, 0.29) is 24.8 Å². The quantitative estimate of drug-likeness (QED) is 0.852. The Bertz CT molecular complexity index is 514. The van der Waals surface area contributed by atoms with Gasteiger partial charge in [-0.1, -0.05) is 25.3 Å². The van der Waals surface area contributed by atoms with E-state index in [0.717, 1.165) is 43.6 Å². The summed E-state index contributed by atoms with van der Waals surface area (Å²) in [6, 6.07) is 7.17. The summed E-state index contributed by atoms with van der Waals surface area (Å²) in [5.74, 6) is 2.62. The Labute approximate surface area is 163 Å². The normalized spacial score (nSPS) is 22.4. The molecule has 2 fully saturated rings. The molecule has 3 aliphatic rings. The van der Waals surface area contributed by atoms with E-state index in [0.29, 0.717) is 19.3 Å². The van der Waals surface area contributed by atoms with Crippen molar-refractivity contribution in [2.24, 2.45) is 5.92 Å². The molecule has 1 saturated carbocycles. The second-order valence-corrected chi connectivity index (χ2v) is 7.03. The molecule has 0 unspecified atom stereocenters. The first-order valence-corrected chi connectivity index (χ1v) is 9.26. The van der Waals surface area contributed by atoms with Gasteiger partial charge in [0.1, 0.15) is 13.2 Å². The molecule has 2 heterocycles. The molecule has 25 heavy (non-hydrogen) atoms. The lowest BCUT2D eigenvalue weighted by Gasteiger charge is -2.41. The van der Waals surface area contributed by atoms with Gasteiger partial charge in [0.25, 0.3) is 0 Å². The van der Waals surface area contributed by atoms with Gasteiger partial charge in [-0.05, 0) is 36.5 Å². The van der Waals surface area contributed by atoms with Gasteiger partial charge in [-0.3, -0.25) is 4.90 Å². The Morgan fingerprint density at radius 3 is 2.32 bits per heavy atom. The predicted octanol–water partition coefficient (Wildman–Crippen LogP) is 3.83. The van der Waals surface area contributed by atoms with Crippen molar-refractivity contribution in [2.75, 3.05) is 39.4 Å². The summed E-state index contributed by atoms with van der Waals surface area (Å²) >= 11 is 0. The molecule has 4 rings (SSSR count). The van der Waals surface area contributed by atoms with Crippen molar-refractivity contribution >= 4 is 24.8 Å². The van der Waals surface area contributed by atoms with Crippen molar-refractivity contribution in [2.45, 2.75) is 38.1 Å².